The number of nitrogens with zero attached hydrogens (tertiary/aromatic N) is 3. The molecule has 170 valence electrons. The Balaban J connectivity index is 1.84. The van der Waals surface area contributed by atoms with Crippen molar-refractivity contribution in [1.82, 2.24) is 14.5 Å². The third-order valence-corrected chi connectivity index (χ3v) is 6.04. The summed E-state index contributed by atoms with van der Waals surface area (Å²) >= 11 is 13.1. The van der Waals surface area contributed by atoms with Crippen LogP contribution in [0.4, 0.5) is 5.82 Å². The third kappa shape index (κ3) is 6.45. The number of fused-ring (bicyclic) bond motifs is 1. The number of rotatable bonds is 9. The molecule has 0 aliphatic carbocycles. The van der Waals surface area contributed by atoms with Gasteiger partial charge in [-0.2, -0.15) is 0 Å². The van der Waals surface area contributed by atoms with Gasteiger partial charge in [-0.25, -0.2) is 9.97 Å². The zero-order valence-corrected chi connectivity index (χ0v) is 20.3. The van der Waals surface area contributed by atoms with E-state index in [2.05, 4.69) is 15.3 Å². The van der Waals surface area contributed by atoms with E-state index in [0.717, 1.165) is 0 Å². The van der Waals surface area contributed by atoms with Gasteiger partial charge in [0.2, 0.25) is 5.91 Å². The lowest BCUT2D eigenvalue weighted by Crippen LogP contribution is -2.27. The highest BCUT2D eigenvalue weighted by molar-refractivity contribution is 8.00. The Hall–Kier alpha value is -2.13. The predicted octanol–water partition coefficient (Wildman–Crippen LogP) is 5.03. The van der Waals surface area contributed by atoms with E-state index in [1.165, 1.54) is 18.0 Å². The van der Waals surface area contributed by atoms with Gasteiger partial charge in [0.15, 0.2) is 5.16 Å². The summed E-state index contributed by atoms with van der Waals surface area (Å²) in [5.74, 6) is 0.133. The van der Waals surface area contributed by atoms with Gasteiger partial charge in [0.1, 0.15) is 5.82 Å². The molecule has 2 heterocycles. The summed E-state index contributed by atoms with van der Waals surface area (Å²) in [7, 11) is 0. The number of nitrogens with one attached hydrogen (secondary N) is 1. The van der Waals surface area contributed by atoms with Crippen molar-refractivity contribution in [2.24, 2.45) is 0 Å². The first-order valence-corrected chi connectivity index (χ1v) is 11.8. The van der Waals surface area contributed by atoms with Gasteiger partial charge in [-0.15, -0.1) is 0 Å². The van der Waals surface area contributed by atoms with Crippen LogP contribution in [0.5, 0.6) is 0 Å². The number of hydrogen-bond donors (Lipinski definition) is 1. The van der Waals surface area contributed by atoms with Crippen LogP contribution in [-0.4, -0.2) is 38.4 Å². The van der Waals surface area contributed by atoms with Crippen molar-refractivity contribution >= 4 is 57.6 Å². The maximum absolute atomic E-state index is 13.2. The van der Waals surface area contributed by atoms with Crippen molar-refractivity contribution in [3.63, 3.8) is 0 Å². The number of hydrogen-bond acceptors (Lipinski definition) is 6. The van der Waals surface area contributed by atoms with Gasteiger partial charge in [-0.1, -0.05) is 35.0 Å². The molecule has 0 spiro atoms. The van der Waals surface area contributed by atoms with Crippen LogP contribution in [0.1, 0.15) is 27.2 Å². The van der Waals surface area contributed by atoms with Crippen LogP contribution in [0.3, 0.4) is 0 Å². The van der Waals surface area contributed by atoms with Crippen molar-refractivity contribution in [1.29, 1.82) is 0 Å². The summed E-state index contributed by atoms with van der Waals surface area (Å²) in [4.78, 5) is 34.6. The van der Waals surface area contributed by atoms with Gasteiger partial charge in [0.25, 0.3) is 5.56 Å². The van der Waals surface area contributed by atoms with Gasteiger partial charge in [0.05, 0.1) is 27.3 Å². The molecule has 10 heteroatoms. The van der Waals surface area contributed by atoms with Gasteiger partial charge in [-0.05, 0) is 57.5 Å². The minimum Gasteiger partial charge on any atom is -0.379 e. The van der Waals surface area contributed by atoms with E-state index in [9.17, 15) is 9.59 Å². The van der Waals surface area contributed by atoms with Gasteiger partial charge < -0.3 is 10.1 Å². The second kappa shape index (κ2) is 11.1. The Morgan fingerprint density at radius 1 is 1.19 bits per heavy atom. The highest BCUT2D eigenvalue weighted by Crippen LogP contribution is 2.25. The van der Waals surface area contributed by atoms with E-state index in [0.29, 0.717) is 51.5 Å². The molecule has 1 amide bonds. The summed E-state index contributed by atoms with van der Waals surface area (Å²) in [6, 6.07) is 8.26. The number of ether oxygens (including phenoxy) is 1. The number of carbonyl (C=O) groups excluding carboxylic acids is 1. The number of amides is 1. The highest BCUT2D eigenvalue weighted by Gasteiger charge is 2.20. The van der Waals surface area contributed by atoms with E-state index in [-0.39, 0.29) is 17.6 Å². The summed E-state index contributed by atoms with van der Waals surface area (Å²) in [6.45, 7) is 6.61. The number of aromatic nitrogens is 3. The molecule has 0 aliphatic heterocycles. The average molecular weight is 495 g/mol. The molecule has 0 radical (unpaired) electrons. The Kier molecular flexibility index (Phi) is 8.53. The number of benzene rings is 1. The number of thioether (sulfide) groups is 1. The molecule has 0 aliphatic rings. The summed E-state index contributed by atoms with van der Waals surface area (Å²) < 4.78 is 7.19. The van der Waals surface area contributed by atoms with Crippen LogP contribution in [0.15, 0.2) is 46.5 Å². The topological polar surface area (TPSA) is 86.1 Å². The molecule has 0 saturated carbocycles. The van der Waals surface area contributed by atoms with E-state index in [1.54, 1.807) is 41.8 Å². The number of anilines is 1. The van der Waals surface area contributed by atoms with Crippen LogP contribution < -0.4 is 10.9 Å². The van der Waals surface area contributed by atoms with Crippen molar-refractivity contribution < 1.29 is 9.53 Å². The lowest BCUT2D eigenvalue weighted by molar-refractivity contribution is -0.115. The van der Waals surface area contributed by atoms with E-state index >= 15 is 0 Å². The Bertz CT molecular complexity index is 1150. The highest BCUT2D eigenvalue weighted by atomic mass is 35.5. The van der Waals surface area contributed by atoms with Gasteiger partial charge >= 0.3 is 0 Å². The van der Waals surface area contributed by atoms with Crippen LogP contribution >= 0.6 is 35.0 Å². The van der Waals surface area contributed by atoms with E-state index in [4.69, 9.17) is 27.9 Å². The normalized spacial score (nSPS) is 12.3. The molecule has 0 saturated heterocycles. The monoisotopic (exact) mass is 494 g/mol. The SMILES string of the molecule is CC(C)OCCCn1c(SC(C)C(=O)Nc2ccc(Cl)cn2)nc2cc(Cl)ccc2c1=O. The van der Waals surface area contributed by atoms with Crippen molar-refractivity contribution in [2.75, 3.05) is 11.9 Å². The van der Waals surface area contributed by atoms with E-state index in [1.807, 2.05) is 13.8 Å². The van der Waals surface area contributed by atoms with Crippen LogP contribution in [0.2, 0.25) is 10.0 Å². The summed E-state index contributed by atoms with van der Waals surface area (Å²) in [5.41, 5.74) is 0.317. The molecule has 1 atom stereocenters. The Morgan fingerprint density at radius 3 is 2.62 bits per heavy atom. The van der Waals surface area contributed by atoms with Crippen molar-refractivity contribution in [3.05, 3.63) is 56.9 Å². The number of halogens is 2. The molecule has 0 bridgehead atoms. The molecular weight excluding hydrogens is 471 g/mol. The van der Waals surface area contributed by atoms with Crippen LogP contribution in [0.25, 0.3) is 10.9 Å². The van der Waals surface area contributed by atoms with Crippen LogP contribution in [-0.2, 0) is 16.1 Å². The molecule has 1 N–H and O–H groups in total. The molecule has 32 heavy (non-hydrogen) atoms. The Labute approximate surface area is 200 Å². The van der Waals surface area contributed by atoms with Crippen molar-refractivity contribution in [2.45, 2.75) is 50.2 Å². The second-order valence-electron chi connectivity index (χ2n) is 7.40. The fourth-order valence-electron chi connectivity index (χ4n) is 2.89. The molecule has 3 rings (SSSR count). The summed E-state index contributed by atoms with van der Waals surface area (Å²) in [6.07, 6.45) is 2.21. The quantitative estimate of drug-likeness (QED) is 0.255. The third-order valence-electron chi connectivity index (χ3n) is 4.49. The first kappa shape index (κ1) is 24.5. The molecule has 0 fully saturated rings. The maximum Gasteiger partial charge on any atom is 0.262 e. The molecule has 1 aromatic carbocycles. The largest absolute Gasteiger partial charge is 0.379 e. The second-order valence-corrected chi connectivity index (χ2v) is 9.58. The fourth-order valence-corrected chi connectivity index (χ4v) is 4.10. The Morgan fingerprint density at radius 2 is 1.94 bits per heavy atom. The lowest BCUT2D eigenvalue weighted by atomic mass is 10.2. The minimum absolute atomic E-state index is 0.114. The lowest BCUT2D eigenvalue weighted by Gasteiger charge is -2.17. The molecule has 3 aromatic rings. The average Bonchev–Trinajstić information content (AvgIpc) is 2.74. The minimum atomic E-state index is -0.533. The fraction of sp³-hybridized carbons (Fsp3) is 0.364. The molecule has 2 aromatic heterocycles. The first-order valence-electron chi connectivity index (χ1n) is 10.2. The molecule has 7 nitrogen and oxygen atoms in total. The zero-order valence-electron chi connectivity index (χ0n) is 18.0. The summed E-state index contributed by atoms with van der Waals surface area (Å²) in [5, 5.41) is 4.11. The molecular formula is C22H24Cl2N4O3S. The van der Waals surface area contributed by atoms with E-state index < -0.39 is 5.25 Å². The standard InChI is InChI=1S/C22H24Cl2N4O3S/c1-13(2)31-10-4-9-28-21(30)17-7-5-15(23)11-18(17)26-22(28)32-14(3)20(29)27-19-8-6-16(24)12-25-19/h5-8,11-14H,4,9-10H2,1-3H3,(H,25,27,29). The van der Waals surface area contributed by atoms with Crippen molar-refractivity contribution in [3.8, 4) is 0 Å². The molecule has 1 unspecified atom stereocenters. The predicted molar refractivity (Wildman–Crippen MR) is 130 cm³/mol. The number of carbonyl (C=O) groups is 1. The van der Waals surface area contributed by atoms with Crippen LogP contribution in [0, 0.1) is 0 Å². The smallest absolute Gasteiger partial charge is 0.262 e. The first-order chi connectivity index (χ1) is 15.2. The number of pyridine rings is 1. The van der Waals surface area contributed by atoms with Gasteiger partial charge in [0, 0.05) is 24.4 Å². The maximum atomic E-state index is 13.2. The van der Waals surface area contributed by atoms with Gasteiger partial charge in [-0.3, -0.25) is 14.2 Å². The zero-order chi connectivity index (χ0) is 23.3.